The van der Waals surface area contributed by atoms with Crippen LogP contribution in [0.2, 0.25) is 0 Å². The van der Waals surface area contributed by atoms with E-state index in [1.165, 1.54) is 18.2 Å². The van der Waals surface area contributed by atoms with E-state index in [1.807, 2.05) is 6.07 Å². The number of amides is 1. The first kappa shape index (κ1) is 25.5. The number of benzene rings is 2. The van der Waals surface area contributed by atoms with Crippen LogP contribution in [0.1, 0.15) is 16.8 Å². The summed E-state index contributed by atoms with van der Waals surface area (Å²) < 4.78 is 65.5. The minimum atomic E-state index is -5.14. The highest BCUT2D eigenvalue weighted by Gasteiger charge is 2.56. The molecular formula is C25H23F4N3O4. The number of ether oxygens (including phenoxy) is 2. The summed E-state index contributed by atoms with van der Waals surface area (Å²) in [5.41, 5.74) is 1.11. The highest BCUT2D eigenvalue weighted by Crippen LogP contribution is 2.41. The SMILES string of the molecule is NCC(O)(c1cc(C2(NC(=O)OCc3ccccc3)COC2)cc(-c2ccc(F)cc2)n1)C(F)(F)F. The number of carbonyl (C=O) groups excluding carboxylic acids is 1. The van der Waals surface area contributed by atoms with Gasteiger partial charge in [-0.1, -0.05) is 30.3 Å². The highest BCUT2D eigenvalue weighted by molar-refractivity contribution is 5.70. The second-order valence-electron chi connectivity index (χ2n) is 8.46. The summed E-state index contributed by atoms with van der Waals surface area (Å²) in [5, 5.41) is 13.2. The van der Waals surface area contributed by atoms with Crippen LogP contribution < -0.4 is 11.1 Å². The van der Waals surface area contributed by atoms with E-state index in [0.717, 1.165) is 23.8 Å². The highest BCUT2D eigenvalue weighted by atomic mass is 19.4. The Labute approximate surface area is 203 Å². The number of nitrogens with one attached hydrogen (secondary N) is 1. The van der Waals surface area contributed by atoms with E-state index < -0.39 is 41.5 Å². The Bertz CT molecular complexity index is 1220. The fourth-order valence-electron chi connectivity index (χ4n) is 3.72. The van der Waals surface area contributed by atoms with E-state index in [0.29, 0.717) is 5.56 Å². The Balaban J connectivity index is 1.72. The Hall–Kier alpha value is -3.54. The van der Waals surface area contributed by atoms with Gasteiger partial charge in [0.2, 0.25) is 5.60 Å². The molecule has 2 aromatic carbocycles. The largest absolute Gasteiger partial charge is 0.445 e. The minimum Gasteiger partial charge on any atom is -0.445 e. The lowest BCUT2D eigenvalue weighted by molar-refractivity contribution is -0.263. The summed E-state index contributed by atoms with van der Waals surface area (Å²) in [4.78, 5) is 16.6. The average Bonchev–Trinajstić information content (AvgIpc) is 2.84. The third-order valence-corrected chi connectivity index (χ3v) is 5.96. The van der Waals surface area contributed by atoms with Gasteiger partial charge in [0.05, 0.1) is 24.6 Å². The molecule has 190 valence electrons. The summed E-state index contributed by atoms with van der Waals surface area (Å²) in [6, 6.07) is 16.3. The summed E-state index contributed by atoms with van der Waals surface area (Å²) in [7, 11) is 0. The number of aliphatic hydroxyl groups is 1. The molecule has 1 unspecified atom stereocenters. The summed E-state index contributed by atoms with van der Waals surface area (Å²) in [6.45, 7) is -1.33. The molecule has 11 heteroatoms. The molecule has 1 aromatic heterocycles. The van der Waals surface area contributed by atoms with Crippen molar-refractivity contribution in [1.82, 2.24) is 10.3 Å². The lowest BCUT2D eigenvalue weighted by Crippen LogP contribution is -2.59. The Morgan fingerprint density at radius 1 is 1.11 bits per heavy atom. The maximum absolute atomic E-state index is 13.8. The predicted molar refractivity (Wildman–Crippen MR) is 121 cm³/mol. The molecule has 0 saturated carbocycles. The standard InChI is InChI=1S/C25H23F4N3O4/c26-19-8-6-17(7-9-19)20-10-18(11-21(31-20)24(34,13-30)25(27,28)29)23(14-35-15-23)32-22(33)36-12-16-4-2-1-3-5-16/h1-11,34H,12-15,30H2,(H,32,33). The lowest BCUT2D eigenvalue weighted by atomic mass is 9.85. The predicted octanol–water partition coefficient (Wildman–Crippen LogP) is 3.75. The van der Waals surface area contributed by atoms with Crippen molar-refractivity contribution in [2.24, 2.45) is 5.73 Å². The number of nitrogens with zero attached hydrogens (tertiary/aromatic N) is 1. The topological polar surface area (TPSA) is 107 Å². The molecule has 2 heterocycles. The maximum Gasteiger partial charge on any atom is 0.424 e. The zero-order valence-corrected chi connectivity index (χ0v) is 18.9. The van der Waals surface area contributed by atoms with E-state index in [4.69, 9.17) is 15.2 Å². The van der Waals surface area contributed by atoms with Gasteiger partial charge in [-0.05, 0) is 47.5 Å². The molecule has 0 aliphatic carbocycles. The van der Waals surface area contributed by atoms with Gasteiger partial charge in [-0.2, -0.15) is 13.2 Å². The van der Waals surface area contributed by atoms with E-state index in [1.54, 1.807) is 24.3 Å². The molecule has 1 amide bonds. The number of halogens is 4. The molecule has 1 aliphatic heterocycles. The number of hydrogen-bond donors (Lipinski definition) is 3. The van der Waals surface area contributed by atoms with Gasteiger partial charge in [-0.25, -0.2) is 14.2 Å². The van der Waals surface area contributed by atoms with Crippen molar-refractivity contribution in [2.45, 2.75) is 23.9 Å². The van der Waals surface area contributed by atoms with Crippen molar-refractivity contribution in [1.29, 1.82) is 0 Å². The number of nitrogens with two attached hydrogens (primary N) is 1. The maximum atomic E-state index is 13.8. The summed E-state index contributed by atoms with van der Waals surface area (Å²) >= 11 is 0. The van der Waals surface area contributed by atoms with Gasteiger partial charge in [0.15, 0.2) is 0 Å². The van der Waals surface area contributed by atoms with Crippen molar-refractivity contribution in [3.63, 3.8) is 0 Å². The number of carbonyl (C=O) groups is 1. The quantitative estimate of drug-likeness (QED) is 0.423. The summed E-state index contributed by atoms with van der Waals surface area (Å²) in [6.07, 6.45) is -5.95. The van der Waals surface area contributed by atoms with Crippen LogP contribution >= 0.6 is 0 Å². The third-order valence-electron chi connectivity index (χ3n) is 5.96. The Kier molecular flexibility index (Phi) is 6.98. The second-order valence-corrected chi connectivity index (χ2v) is 8.46. The molecule has 4 rings (SSSR count). The fraction of sp³-hybridized carbons (Fsp3) is 0.280. The van der Waals surface area contributed by atoms with Crippen LogP contribution in [-0.2, 0) is 27.2 Å². The number of alkyl halides is 3. The minimum absolute atomic E-state index is 0.0179. The lowest BCUT2D eigenvalue weighted by Gasteiger charge is -2.42. The third kappa shape index (κ3) is 5.03. The van der Waals surface area contributed by atoms with Gasteiger partial charge < -0.3 is 25.6 Å². The van der Waals surface area contributed by atoms with Crippen LogP contribution in [0.3, 0.4) is 0 Å². The van der Waals surface area contributed by atoms with Gasteiger partial charge in [0.1, 0.15) is 18.0 Å². The van der Waals surface area contributed by atoms with E-state index in [9.17, 15) is 27.5 Å². The van der Waals surface area contributed by atoms with Crippen molar-refractivity contribution < 1.29 is 36.9 Å². The van der Waals surface area contributed by atoms with Crippen molar-refractivity contribution in [3.8, 4) is 11.3 Å². The molecule has 1 aliphatic rings. The monoisotopic (exact) mass is 505 g/mol. The number of aromatic nitrogens is 1. The molecule has 4 N–H and O–H groups in total. The first-order chi connectivity index (χ1) is 17.1. The summed E-state index contributed by atoms with van der Waals surface area (Å²) in [5.74, 6) is -0.546. The molecule has 7 nitrogen and oxygen atoms in total. The van der Waals surface area contributed by atoms with Crippen LogP contribution in [0.5, 0.6) is 0 Å². The molecule has 3 aromatic rings. The molecule has 0 spiro atoms. The van der Waals surface area contributed by atoms with Crippen molar-refractivity contribution in [2.75, 3.05) is 19.8 Å². The van der Waals surface area contributed by atoms with Gasteiger partial charge in [0.25, 0.3) is 0 Å². The van der Waals surface area contributed by atoms with Gasteiger partial charge in [-0.15, -0.1) is 0 Å². The fourth-order valence-corrected chi connectivity index (χ4v) is 3.72. The van der Waals surface area contributed by atoms with Crippen LogP contribution in [-0.4, -0.2) is 42.1 Å². The van der Waals surface area contributed by atoms with E-state index in [-0.39, 0.29) is 31.1 Å². The molecule has 0 bridgehead atoms. The first-order valence-electron chi connectivity index (χ1n) is 10.9. The molecule has 1 saturated heterocycles. The number of rotatable bonds is 7. The Morgan fingerprint density at radius 3 is 2.33 bits per heavy atom. The van der Waals surface area contributed by atoms with E-state index >= 15 is 0 Å². The zero-order chi connectivity index (χ0) is 26.0. The average molecular weight is 505 g/mol. The molecule has 0 radical (unpaired) electrons. The molecule has 1 fully saturated rings. The van der Waals surface area contributed by atoms with Crippen LogP contribution in [0, 0.1) is 5.82 Å². The van der Waals surface area contributed by atoms with Gasteiger partial charge in [-0.3, -0.25) is 0 Å². The molecule has 1 atom stereocenters. The number of alkyl carbamates (subject to hydrolysis) is 1. The van der Waals surface area contributed by atoms with Crippen LogP contribution in [0.4, 0.5) is 22.4 Å². The normalized spacial score (nSPS) is 16.5. The van der Waals surface area contributed by atoms with Crippen LogP contribution in [0.15, 0.2) is 66.7 Å². The Morgan fingerprint density at radius 2 is 1.78 bits per heavy atom. The first-order valence-corrected chi connectivity index (χ1v) is 10.9. The van der Waals surface area contributed by atoms with Crippen molar-refractivity contribution in [3.05, 3.63) is 89.4 Å². The number of pyridine rings is 1. The van der Waals surface area contributed by atoms with Gasteiger partial charge in [0, 0.05) is 12.1 Å². The van der Waals surface area contributed by atoms with Crippen LogP contribution in [0.25, 0.3) is 11.3 Å². The molecule has 36 heavy (non-hydrogen) atoms. The van der Waals surface area contributed by atoms with E-state index in [2.05, 4.69) is 10.3 Å². The zero-order valence-electron chi connectivity index (χ0n) is 18.9. The van der Waals surface area contributed by atoms with Gasteiger partial charge >= 0.3 is 12.3 Å². The smallest absolute Gasteiger partial charge is 0.424 e. The van der Waals surface area contributed by atoms with Crippen molar-refractivity contribution >= 4 is 6.09 Å². The number of hydrogen-bond acceptors (Lipinski definition) is 6. The molecular weight excluding hydrogens is 482 g/mol. The second kappa shape index (κ2) is 9.84.